The Kier molecular flexibility index (Phi) is 3.96. The average Bonchev–Trinajstić information content (AvgIpc) is 2.50. The Balaban J connectivity index is 2.39. The molecule has 1 N–H and O–H groups in total. The number of hydrogen-bond acceptors (Lipinski definition) is 3. The van der Waals surface area contributed by atoms with E-state index in [-0.39, 0.29) is 0 Å². The molecule has 13 heavy (non-hydrogen) atoms. The molecule has 3 nitrogen and oxygen atoms in total. The van der Waals surface area contributed by atoms with Gasteiger partial charge in [0.15, 0.2) is 0 Å². The fourth-order valence-electron chi connectivity index (χ4n) is 1.13. The van der Waals surface area contributed by atoms with Gasteiger partial charge in [-0.1, -0.05) is 13.8 Å². The Hall–Kier alpha value is -0.830. The van der Waals surface area contributed by atoms with Gasteiger partial charge in [0.1, 0.15) is 5.76 Å². The second-order valence-corrected chi connectivity index (χ2v) is 3.68. The van der Waals surface area contributed by atoms with E-state index in [2.05, 4.69) is 24.1 Å². The van der Waals surface area contributed by atoms with Crippen molar-refractivity contribution in [2.45, 2.75) is 33.2 Å². The van der Waals surface area contributed by atoms with E-state index in [1.165, 1.54) is 0 Å². The SMILES string of the molecule is CNCc1ncc(CCC(C)C)o1. The molecule has 1 heterocycles. The highest BCUT2D eigenvalue weighted by molar-refractivity contribution is 4.94. The van der Waals surface area contributed by atoms with Crippen LogP contribution in [-0.4, -0.2) is 12.0 Å². The van der Waals surface area contributed by atoms with Gasteiger partial charge in [-0.15, -0.1) is 0 Å². The molecule has 0 aromatic carbocycles. The summed E-state index contributed by atoms with van der Waals surface area (Å²) in [7, 11) is 1.89. The number of nitrogens with one attached hydrogen (secondary N) is 1. The van der Waals surface area contributed by atoms with E-state index >= 15 is 0 Å². The van der Waals surface area contributed by atoms with Crippen LogP contribution in [0.25, 0.3) is 0 Å². The zero-order valence-electron chi connectivity index (χ0n) is 8.63. The summed E-state index contributed by atoms with van der Waals surface area (Å²) in [4.78, 5) is 4.15. The molecule has 1 aromatic rings. The van der Waals surface area contributed by atoms with Gasteiger partial charge in [0, 0.05) is 6.42 Å². The van der Waals surface area contributed by atoms with Gasteiger partial charge in [-0.25, -0.2) is 4.98 Å². The predicted molar refractivity (Wildman–Crippen MR) is 52.4 cm³/mol. The minimum atomic E-state index is 0.710. The number of oxazole rings is 1. The molecule has 0 spiro atoms. The predicted octanol–water partition coefficient (Wildman–Crippen LogP) is 1.98. The van der Waals surface area contributed by atoms with E-state index in [1.54, 1.807) is 0 Å². The largest absolute Gasteiger partial charge is 0.444 e. The molecule has 0 amide bonds. The molecule has 0 saturated carbocycles. The van der Waals surface area contributed by atoms with Gasteiger partial charge in [0.2, 0.25) is 5.89 Å². The van der Waals surface area contributed by atoms with Crippen molar-refractivity contribution in [3.05, 3.63) is 17.8 Å². The second-order valence-electron chi connectivity index (χ2n) is 3.68. The van der Waals surface area contributed by atoms with Gasteiger partial charge >= 0.3 is 0 Å². The number of hydrogen-bond donors (Lipinski definition) is 1. The van der Waals surface area contributed by atoms with Crippen molar-refractivity contribution in [3.63, 3.8) is 0 Å². The maximum absolute atomic E-state index is 5.50. The average molecular weight is 182 g/mol. The summed E-state index contributed by atoms with van der Waals surface area (Å²) in [5.41, 5.74) is 0. The Morgan fingerprint density at radius 2 is 2.31 bits per heavy atom. The van der Waals surface area contributed by atoms with Crippen molar-refractivity contribution < 1.29 is 4.42 Å². The topological polar surface area (TPSA) is 38.1 Å². The molecular weight excluding hydrogens is 164 g/mol. The molecule has 0 unspecified atom stereocenters. The highest BCUT2D eigenvalue weighted by atomic mass is 16.4. The zero-order chi connectivity index (χ0) is 9.68. The molecule has 0 atom stereocenters. The summed E-state index contributed by atoms with van der Waals surface area (Å²) in [6.45, 7) is 5.14. The maximum Gasteiger partial charge on any atom is 0.208 e. The highest BCUT2D eigenvalue weighted by Gasteiger charge is 2.03. The smallest absolute Gasteiger partial charge is 0.208 e. The lowest BCUT2D eigenvalue weighted by Crippen LogP contribution is -2.04. The zero-order valence-corrected chi connectivity index (χ0v) is 8.63. The molecule has 0 aliphatic heterocycles. The van der Waals surface area contributed by atoms with Crippen molar-refractivity contribution in [1.82, 2.24) is 10.3 Å². The minimum absolute atomic E-state index is 0.710. The van der Waals surface area contributed by atoms with E-state index in [4.69, 9.17) is 4.42 Å². The quantitative estimate of drug-likeness (QED) is 0.756. The molecule has 0 saturated heterocycles. The Labute approximate surface area is 79.5 Å². The Bertz CT molecular complexity index is 243. The van der Waals surface area contributed by atoms with Gasteiger partial charge in [-0.2, -0.15) is 0 Å². The first kappa shape index (κ1) is 10.3. The maximum atomic E-state index is 5.50. The highest BCUT2D eigenvalue weighted by Crippen LogP contribution is 2.10. The molecule has 1 rings (SSSR count). The number of rotatable bonds is 5. The van der Waals surface area contributed by atoms with E-state index in [1.807, 2.05) is 13.2 Å². The third-order valence-electron chi connectivity index (χ3n) is 1.90. The molecule has 74 valence electrons. The van der Waals surface area contributed by atoms with Crippen molar-refractivity contribution in [2.24, 2.45) is 5.92 Å². The first-order valence-electron chi connectivity index (χ1n) is 4.80. The molecule has 0 radical (unpaired) electrons. The van der Waals surface area contributed by atoms with Crippen LogP contribution >= 0.6 is 0 Å². The van der Waals surface area contributed by atoms with Gasteiger partial charge in [0.25, 0.3) is 0 Å². The van der Waals surface area contributed by atoms with Gasteiger partial charge in [0.05, 0.1) is 12.7 Å². The summed E-state index contributed by atoms with van der Waals surface area (Å²) < 4.78 is 5.50. The van der Waals surface area contributed by atoms with Gasteiger partial charge in [-0.3, -0.25) is 0 Å². The lowest BCUT2D eigenvalue weighted by Gasteiger charge is -2.00. The Morgan fingerprint density at radius 3 is 2.92 bits per heavy atom. The minimum Gasteiger partial charge on any atom is -0.444 e. The van der Waals surface area contributed by atoms with Crippen LogP contribution in [0.15, 0.2) is 10.6 Å². The lowest BCUT2D eigenvalue weighted by molar-refractivity contribution is 0.428. The van der Waals surface area contributed by atoms with E-state index in [9.17, 15) is 0 Å². The molecule has 0 fully saturated rings. The molecule has 3 heteroatoms. The van der Waals surface area contributed by atoms with Gasteiger partial charge in [-0.05, 0) is 19.4 Å². The monoisotopic (exact) mass is 182 g/mol. The van der Waals surface area contributed by atoms with Crippen LogP contribution in [0.1, 0.15) is 31.9 Å². The molecule has 0 aliphatic rings. The molecular formula is C10H18N2O. The van der Waals surface area contributed by atoms with Crippen LogP contribution in [0.4, 0.5) is 0 Å². The Morgan fingerprint density at radius 1 is 1.54 bits per heavy atom. The van der Waals surface area contributed by atoms with Crippen LogP contribution in [0.5, 0.6) is 0 Å². The molecule has 0 aliphatic carbocycles. The van der Waals surface area contributed by atoms with Crippen molar-refractivity contribution >= 4 is 0 Å². The van der Waals surface area contributed by atoms with E-state index in [0.29, 0.717) is 6.54 Å². The standard InChI is InChI=1S/C10H18N2O/c1-8(2)4-5-9-6-12-10(13-9)7-11-3/h6,8,11H,4-5,7H2,1-3H3. The fourth-order valence-corrected chi connectivity index (χ4v) is 1.13. The van der Waals surface area contributed by atoms with E-state index in [0.717, 1.165) is 30.4 Å². The van der Waals surface area contributed by atoms with Crippen molar-refractivity contribution in [2.75, 3.05) is 7.05 Å². The summed E-state index contributed by atoms with van der Waals surface area (Å²) in [6, 6.07) is 0. The van der Waals surface area contributed by atoms with Crippen LogP contribution < -0.4 is 5.32 Å². The fraction of sp³-hybridized carbons (Fsp3) is 0.700. The van der Waals surface area contributed by atoms with Crippen LogP contribution in [-0.2, 0) is 13.0 Å². The van der Waals surface area contributed by atoms with Crippen molar-refractivity contribution in [1.29, 1.82) is 0 Å². The number of aromatic nitrogens is 1. The third kappa shape index (κ3) is 3.59. The normalized spacial score (nSPS) is 11.1. The third-order valence-corrected chi connectivity index (χ3v) is 1.90. The summed E-state index contributed by atoms with van der Waals surface area (Å²) in [5.74, 6) is 2.50. The number of nitrogens with zero attached hydrogens (tertiary/aromatic N) is 1. The number of aryl methyl sites for hydroxylation is 1. The molecule has 1 aromatic heterocycles. The second kappa shape index (κ2) is 5.02. The lowest BCUT2D eigenvalue weighted by atomic mass is 10.1. The van der Waals surface area contributed by atoms with Crippen LogP contribution in [0.2, 0.25) is 0 Å². The van der Waals surface area contributed by atoms with Gasteiger partial charge < -0.3 is 9.73 Å². The first-order valence-corrected chi connectivity index (χ1v) is 4.80. The van der Waals surface area contributed by atoms with Crippen molar-refractivity contribution in [3.8, 4) is 0 Å². The van der Waals surface area contributed by atoms with E-state index < -0.39 is 0 Å². The summed E-state index contributed by atoms with van der Waals surface area (Å²) in [6.07, 6.45) is 3.98. The summed E-state index contributed by atoms with van der Waals surface area (Å²) in [5, 5.41) is 3.01. The summed E-state index contributed by atoms with van der Waals surface area (Å²) >= 11 is 0. The van der Waals surface area contributed by atoms with Crippen LogP contribution in [0.3, 0.4) is 0 Å². The van der Waals surface area contributed by atoms with Crippen LogP contribution in [0, 0.1) is 5.92 Å². The first-order chi connectivity index (χ1) is 6.22. The molecule has 0 bridgehead atoms.